The van der Waals surface area contributed by atoms with Gasteiger partial charge in [0.1, 0.15) is 5.41 Å². The Labute approximate surface area is 256 Å². The van der Waals surface area contributed by atoms with Crippen LogP contribution in [0.15, 0.2) is 72.8 Å². The molecule has 0 saturated carbocycles. The maximum absolute atomic E-state index is 12.8. The molecule has 3 aromatic rings. The third-order valence-corrected chi connectivity index (χ3v) is 8.35. The molecule has 44 heavy (non-hydrogen) atoms. The molecule has 2 aliphatic rings. The van der Waals surface area contributed by atoms with Crippen LogP contribution in [0.3, 0.4) is 0 Å². The van der Waals surface area contributed by atoms with Crippen molar-refractivity contribution in [3.63, 3.8) is 0 Å². The number of carboxylic acid groups (broad SMARTS) is 1. The number of carbonyl (C=O) groups is 2. The number of rotatable bonds is 10. The highest BCUT2D eigenvalue weighted by atomic mass is 19.4. The number of piperazine rings is 1. The zero-order valence-corrected chi connectivity index (χ0v) is 25.0. The van der Waals surface area contributed by atoms with E-state index < -0.39 is 24.1 Å². The number of fused-ring (bicyclic) bond motifs is 3. The number of benzene rings is 3. The van der Waals surface area contributed by atoms with Gasteiger partial charge >= 0.3 is 12.1 Å². The van der Waals surface area contributed by atoms with E-state index in [4.69, 9.17) is 4.74 Å². The summed E-state index contributed by atoms with van der Waals surface area (Å²) in [6.07, 6.45) is -1.42. The Balaban J connectivity index is 0.000000670. The molecule has 5 rings (SSSR count). The fourth-order valence-corrected chi connectivity index (χ4v) is 6.08. The van der Waals surface area contributed by atoms with Crippen LogP contribution >= 0.6 is 0 Å². The second kappa shape index (κ2) is 14.8. The molecule has 0 unspecified atom stereocenters. The van der Waals surface area contributed by atoms with Gasteiger partial charge in [0.15, 0.2) is 0 Å². The van der Waals surface area contributed by atoms with Crippen molar-refractivity contribution in [2.24, 2.45) is 5.73 Å². The van der Waals surface area contributed by atoms with Gasteiger partial charge in [-0.15, -0.1) is 0 Å². The minimum absolute atomic E-state index is 0.172. The van der Waals surface area contributed by atoms with Gasteiger partial charge in [0.25, 0.3) is 0 Å². The largest absolute Gasteiger partial charge is 0.480 e. The monoisotopic (exact) mass is 611 g/mol. The van der Waals surface area contributed by atoms with E-state index >= 15 is 0 Å². The molecule has 1 aliphatic heterocycles. The van der Waals surface area contributed by atoms with Crippen molar-refractivity contribution >= 4 is 11.9 Å². The molecule has 3 N–H and O–H groups in total. The zero-order valence-electron chi connectivity index (χ0n) is 25.0. The molecule has 0 aromatic heterocycles. The molecule has 236 valence electrons. The van der Waals surface area contributed by atoms with Crippen LogP contribution in [0.2, 0.25) is 0 Å². The number of amides is 1. The Morgan fingerprint density at radius 3 is 1.89 bits per heavy atom. The van der Waals surface area contributed by atoms with E-state index in [1.165, 1.54) is 0 Å². The van der Waals surface area contributed by atoms with Gasteiger partial charge in [-0.05, 0) is 52.8 Å². The van der Waals surface area contributed by atoms with Crippen LogP contribution in [0, 0.1) is 0 Å². The highest BCUT2D eigenvalue weighted by Gasteiger charge is 2.48. The lowest BCUT2D eigenvalue weighted by Crippen LogP contribution is -2.49. The summed E-state index contributed by atoms with van der Waals surface area (Å²) >= 11 is 0. The summed E-state index contributed by atoms with van der Waals surface area (Å²) in [5.74, 6) is -0.596. The number of hydrogen-bond donors (Lipinski definition) is 2. The Bertz CT molecular complexity index is 1360. The van der Waals surface area contributed by atoms with Crippen molar-refractivity contribution in [2.45, 2.75) is 43.9 Å². The molecule has 1 amide bonds. The summed E-state index contributed by atoms with van der Waals surface area (Å²) in [5, 5.41) is 10.5. The van der Waals surface area contributed by atoms with Gasteiger partial charge < -0.3 is 20.5 Å². The number of methoxy groups -OCH3 is 1. The van der Waals surface area contributed by atoms with E-state index in [0.29, 0.717) is 19.4 Å². The normalized spacial score (nSPS) is 15.6. The van der Waals surface area contributed by atoms with Gasteiger partial charge in [-0.3, -0.25) is 14.5 Å². The Kier molecular flexibility index (Phi) is 11.2. The van der Waals surface area contributed by atoms with Crippen molar-refractivity contribution in [3.8, 4) is 11.1 Å². The molecule has 1 aliphatic carbocycles. The number of alkyl halides is 3. The number of unbranched alkanes of at least 4 members (excludes halogenated alkanes) is 1. The molecule has 0 bridgehead atoms. The zero-order chi connectivity index (χ0) is 31.7. The lowest BCUT2D eigenvalue weighted by molar-refractivity contribution is -0.142. The average molecular weight is 612 g/mol. The van der Waals surface area contributed by atoms with E-state index in [1.807, 2.05) is 77.7 Å². The van der Waals surface area contributed by atoms with Crippen LogP contribution in [0.25, 0.3) is 11.1 Å². The van der Waals surface area contributed by atoms with Gasteiger partial charge in [0, 0.05) is 33.3 Å². The van der Waals surface area contributed by atoms with Gasteiger partial charge in [0.05, 0.1) is 19.6 Å². The summed E-state index contributed by atoms with van der Waals surface area (Å²) in [5.41, 5.74) is 9.23. The standard InChI is InChI=1S/C32H36N2O4.C2H4F3N/c1-38-23-25-14-12-24(13-15-25)22-30(35)34-20-18-33(19-21-34)17-7-6-16-32(31(36)37)28-10-4-2-8-26(28)27-9-3-5-11-29(27)32;3-2(4,5)1-6/h2-5,8-15H,6-7,16-23H2,1H3,(H,36,37);1,6H2. The first-order valence-corrected chi connectivity index (χ1v) is 14.9. The molecule has 0 radical (unpaired) electrons. The van der Waals surface area contributed by atoms with Crippen LogP contribution in [0.1, 0.15) is 41.5 Å². The van der Waals surface area contributed by atoms with E-state index in [2.05, 4.69) is 10.6 Å². The summed E-state index contributed by atoms with van der Waals surface area (Å²) < 4.78 is 37.1. The number of nitrogens with zero attached hydrogens (tertiary/aromatic N) is 2. The highest BCUT2D eigenvalue weighted by Crippen LogP contribution is 2.51. The number of carbonyl (C=O) groups excluding carboxylic acids is 1. The lowest BCUT2D eigenvalue weighted by atomic mass is 9.74. The fraction of sp³-hybridized carbons (Fsp3) is 0.412. The third-order valence-electron chi connectivity index (χ3n) is 8.35. The number of hydrogen-bond acceptors (Lipinski definition) is 5. The first-order valence-electron chi connectivity index (χ1n) is 14.9. The summed E-state index contributed by atoms with van der Waals surface area (Å²) in [6, 6.07) is 23.9. The van der Waals surface area contributed by atoms with E-state index in [1.54, 1.807) is 7.11 Å². The lowest BCUT2D eigenvalue weighted by Gasteiger charge is -2.35. The predicted octanol–water partition coefficient (Wildman–Crippen LogP) is 5.25. The van der Waals surface area contributed by atoms with E-state index in [-0.39, 0.29) is 5.91 Å². The number of carboxylic acids is 1. The van der Waals surface area contributed by atoms with Crippen LogP contribution in [0.4, 0.5) is 13.2 Å². The van der Waals surface area contributed by atoms with Crippen LogP contribution < -0.4 is 5.73 Å². The molecule has 0 spiro atoms. The molecule has 7 nitrogen and oxygen atoms in total. The van der Waals surface area contributed by atoms with Gasteiger partial charge in [0.2, 0.25) is 5.91 Å². The molecule has 0 atom stereocenters. The highest BCUT2D eigenvalue weighted by molar-refractivity contribution is 5.97. The SMILES string of the molecule is COCc1ccc(CC(=O)N2CCN(CCCCC3(C(=O)O)c4ccccc4-c4ccccc43)CC2)cc1.NCC(F)(F)F. The summed E-state index contributed by atoms with van der Waals surface area (Å²) in [7, 11) is 1.68. The van der Waals surface area contributed by atoms with Crippen LogP contribution in [-0.2, 0) is 32.8 Å². The number of nitrogens with two attached hydrogens (primary N) is 1. The topological polar surface area (TPSA) is 96.1 Å². The van der Waals surface area contributed by atoms with Crippen molar-refractivity contribution in [3.05, 3.63) is 95.1 Å². The second-order valence-corrected chi connectivity index (χ2v) is 11.2. The molecule has 10 heteroatoms. The number of halogens is 3. The third kappa shape index (κ3) is 7.85. The van der Waals surface area contributed by atoms with Gasteiger partial charge in [-0.25, -0.2) is 0 Å². The number of ether oxygens (including phenoxy) is 1. The maximum Gasteiger partial charge on any atom is 0.400 e. The summed E-state index contributed by atoms with van der Waals surface area (Å²) in [6.45, 7) is 3.45. The molecule has 1 saturated heterocycles. The molecular formula is C34H40F3N3O4. The number of aliphatic carboxylic acids is 1. The van der Waals surface area contributed by atoms with Crippen LogP contribution in [-0.4, -0.2) is 79.3 Å². The second-order valence-electron chi connectivity index (χ2n) is 11.2. The molecular weight excluding hydrogens is 571 g/mol. The molecule has 3 aromatic carbocycles. The quantitative estimate of drug-likeness (QED) is 0.304. The van der Waals surface area contributed by atoms with Crippen molar-refractivity contribution in [1.82, 2.24) is 9.80 Å². The fourth-order valence-electron chi connectivity index (χ4n) is 6.08. The average Bonchev–Trinajstić information content (AvgIpc) is 3.31. The maximum atomic E-state index is 12.8. The van der Waals surface area contributed by atoms with Gasteiger partial charge in [-0.2, -0.15) is 13.2 Å². The minimum Gasteiger partial charge on any atom is -0.480 e. The minimum atomic E-state index is -4.18. The Morgan fingerprint density at radius 1 is 0.864 bits per heavy atom. The first kappa shape index (κ1) is 33.2. The Morgan fingerprint density at radius 2 is 1.39 bits per heavy atom. The first-order chi connectivity index (χ1) is 21.1. The van der Waals surface area contributed by atoms with Crippen molar-refractivity contribution in [2.75, 3.05) is 46.4 Å². The van der Waals surface area contributed by atoms with E-state index in [0.717, 1.165) is 78.9 Å². The molecule has 1 fully saturated rings. The summed E-state index contributed by atoms with van der Waals surface area (Å²) in [4.78, 5) is 29.9. The smallest absolute Gasteiger partial charge is 0.400 e. The Hall–Kier alpha value is -3.73. The van der Waals surface area contributed by atoms with Crippen molar-refractivity contribution in [1.29, 1.82) is 0 Å². The predicted molar refractivity (Wildman–Crippen MR) is 163 cm³/mol. The molecule has 1 heterocycles. The van der Waals surface area contributed by atoms with Crippen LogP contribution in [0.5, 0.6) is 0 Å². The van der Waals surface area contributed by atoms with Crippen molar-refractivity contribution < 1.29 is 32.6 Å². The van der Waals surface area contributed by atoms with E-state index in [9.17, 15) is 27.9 Å². The van der Waals surface area contributed by atoms with Gasteiger partial charge in [-0.1, -0.05) is 79.2 Å².